The van der Waals surface area contributed by atoms with Gasteiger partial charge in [-0.25, -0.2) is 18.4 Å². The first kappa shape index (κ1) is 28.0. The smallest absolute Gasteiger partial charge is 0.351 e. The molecule has 2 aromatic heterocycles. The van der Waals surface area contributed by atoms with E-state index in [1.807, 2.05) is 0 Å². The fourth-order valence-corrected chi connectivity index (χ4v) is 4.77. The van der Waals surface area contributed by atoms with Gasteiger partial charge in [0.1, 0.15) is 22.8 Å². The number of allylic oxidation sites excluding steroid dienone is 2. The van der Waals surface area contributed by atoms with Crippen molar-refractivity contribution < 1.29 is 37.4 Å². The van der Waals surface area contributed by atoms with E-state index in [0.29, 0.717) is 33.7 Å². The van der Waals surface area contributed by atoms with Crippen molar-refractivity contribution in [3.8, 4) is 16.6 Å². The van der Waals surface area contributed by atoms with Crippen LogP contribution in [0.5, 0.6) is 16.6 Å². The van der Waals surface area contributed by atoms with E-state index in [-0.39, 0.29) is 17.1 Å². The third-order valence-corrected chi connectivity index (χ3v) is 6.84. The van der Waals surface area contributed by atoms with Crippen molar-refractivity contribution in [3.05, 3.63) is 90.8 Å². The summed E-state index contributed by atoms with van der Waals surface area (Å²) in [6.45, 7) is 1.48. The van der Waals surface area contributed by atoms with Crippen LogP contribution in [-0.2, 0) is 16.0 Å². The normalized spacial score (nSPS) is 11.6. The van der Waals surface area contributed by atoms with Gasteiger partial charge in [0.05, 0.1) is 7.11 Å². The van der Waals surface area contributed by atoms with Crippen LogP contribution in [-0.4, -0.2) is 24.0 Å². The number of methoxy groups -OCH3 is 1. The van der Waals surface area contributed by atoms with E-state index in [9.17, 15) is 28.3 Å². The number of esters is 1. The fourth-order valence-electron chi connectivity index (χ4n) is 3.13. The summed E-state index contributed by atoms with van der Waals surface area (Å²) in [7, 11) is 1.27. The molecule has 1 N–H and O–H groups in total. The number of hydrogen-bond acceptors (Lipinski definition) is 8. The Hall–Kier alpha value is -3.57. The Bertz CT molecular complexity index is 1440. The van der Waals surface area contributed by atoms with Crippen molar-refractivity contribution in [2.24, 2.45) is 0 Å². The van der Waals surface area contributed by atoms with Crippen LogP contribution in [0, 0.1) is 11.6 Å². The highest BCUT2D eigenvalue weighted by Gasteiger charge is 2.21. The van der Waals surface area contributed by atoms with Crippen molar-refractivity contribution in [1.29, 1.82) is 0 Å². The van der Waals surface area contributed by atoms with E-state index in [2.05, 4.69) is 20.7 Å². The lowest BCUT2D eigenvalue weighted by molar-refractivity contribution is -0.134. The number of aryl methyl sites for hydroxylation is 1. The highest BCUT2D eigenvalue weighted by Crippen LogP contribution is 2.38. The Morgan fingerprint density at radius 1 is 1.19 bits per heavy atom. The third kappa shape index (κ3) is 7.46. The van der Waals surface area contributed by atoms with Crippen molar-refractivity contribution in [3.63, 3.8) is 0 Å². The zero-order valence-corrected chi connectivity index (χ0v) is 22.1. The first-order valence-corrected chi connectivity index (χ1v) is 12.5. The molecule has 0 fully saturated rings. The minimum Gasteiger partial charge on any atom is -0.507 e. The molecule has 37 heavy (non-hydrogen) atoms. The average molecular weight is 595 g/mol. The van der Waals surface area contributed by atoms with Crippen LogP contribution in [0.15, 0.2) is 61.7 Å². The van der Waals surface area contributed by atoms with Crippen LogP contribution in [0.25, 0.3) is 6.08 Å². The van der Waals surface area contributed by atoms with Crippen LogP contribution in [0.3, 0.4) is 0 Å². The number of ketones is 1. The summed E-state index contributed by atoms with van der Waals surface area (Å²) >= 11 is 4.48. The molecule has 0 saturated heterocycles. The molecule has 3 rings (SSSR count). The zero-order chi connectivity index (χ0) is 27.1. The van der Waals surface area contributed by atoms with Gasteiger partial charge in [0.15, 0.2) is 22.5 Å². The highest BCUT2D eigenvalue weighted by molar-refractivity contribution is 9.10. The predicted octanol–water partition coefficient (Wildman–Crippen LogP) is 6.58. The molecule has 1 aromatic carbocycles. The van der Waals surface area contributed by atoms with Crippen LogP contribution < -0.4 is 10.4 Å². The number of thiophene rings is 1. The molecule has 2 heterocycles. The molecule has 0 aliphatic rings. The zero-order valence-electron chi connectivity index (χ0n) is 19.7. The molecule has 7 nitrogen and oxygen atoms in total. The molecule has 3 aromatic rings. The molecule has 0 aliphatic heterocycles. The lowest BCUT2D eigenvalue weighted by atomic mass is 10.0. The van der Waals surface area contributed by atoms with Crippen molar-refractivity contribution in [2.75, 3.05) is 7.11 Å². The number of carbonyl (C=O) groups excluding carboxylic acids is 2. The number of rotatable bonds is 10. The summed E-state index contributed by atoms with van der Waals surface area (Å²) in [6.07, 6.45) is 5.75. The molecular formula is C26H21BrF2O7S. The number of Topliss-reactive ketones (excluding diaryl/α,β-unsaturated/α-hetero) is 1. The van der Waals surface area contributed by atoms with Crippen molar-refractivity contribution in [1.82, 2.24) is 0 Å². The summed E-state index contributed by atoms with van der Waals surface area (Å²) in [5, 5.41) is 10.7. The lowest BCUT2D eigenvalue weighted by Gasteiger charge is -2.05. The minimum atomic E-state index is -1.05. The number of benzene rings is 1. The number of hydrogen-bond donors (Lipinski definition) is 1. The molecule has 0 spiro atoms. The van der Waals surface area contributed by atoms with Gasteiger partial charge in [0.25, 0.3) is 0 Å². The molecular weight excluding hydrogens is 574 g/mol. The van der Waals surface area contributed by atoms with E-state index in [1.54, 1.807) is 12.1 Å². The second-order valence-electron chi connectivity index (χ2n) is 7.69. The first-order chi connectivity index (χ1) is 17.6. The summed E-state index contributed by atoms with van der Waals surface area (Å²) in [5.74, 6) is -3.44. The highest BCUT2D eigenvalue weighted by atomic mass is 79.9. The second-order valence-corrected chi connectivity index (χ2v) is 9.59. The number of unbranched alkanes of at least 4 members (excludes halogenated alkanes) is 1. The van der Waals surface area contributed by atoms with Gasteiger partial charge < -0.3 is 19.0 Å². The Morgan fingerprint density at radius 2 is 1.95 bits per heavy atom. The molecule has 0 unspecified atom stereocenters. The summed E-state index contributed by atoms with van der Waals surface area (Å²) in [5.41, 5.74) is -1.32. The molecule has 0 aliphatic carbocycles. The third-order valence-electron chi connectivity index (χ3n) is 4.96. The van der Waals surface area contributed by atoms with Gasteiger partial charge in [0.2, 0.25) is 0 Å². The van der Waals surface area contributed by atoms with Crippen molar-refractivity contribution >= 4 is 45.1 Å². The molecule has 194 valence electrons. The van der Waals surface area contributed by atoms with E-state index < -0.39 is 40.3 Å². The Balaban J connectivity index is 1.72. The largest absolute Gasteiger partial charge is 0.507 e. The average Bonchev–Trinajstić information content (AvgIpc) is 3.18. The topological polar surface area (TPSA) is 103 Å². The maximum Gasteiger partial charge on any atom is 0.351 e. The van der Waals surface area contributed by atoms with Crippen LogP contribution in [0.4, 0.5) is 8.78 Å². The van der Waals surface area contributed by atoms with Crippen LogP contribution >= 0.6 is 27.3 Å². The van der Waals surface area contributed by atoms with E-state index in [0.717, 1.165) is 23.5 Å². The molecule has 11 heteroatoms. The van der Waals surface area contributed by atoms with Gasteiger partial charge in [0, 0.05) is 40.0 Å². The lowest BCUT2D eigenvalue weighted by Crippen LogP contribution is -2.16. The van der Waals surface area contributed by atoms with E-state index in [4.69, 9.17) is 9.15 Å². The van der Waals surface area contributed by atoms with Gasteiger partial charge in [-0.15, -0.1) is 0 Å². The first-order valence-electron chi connectivity index (χ1n) is 10.8. The van der Waals surface area contributed by atoms with Gasteiger partial charge in [-0.2, -0.15) is 0 Å². The van der Waals surface area contributed by atoms with Gasteiger partial charge in [-0.1, -0.05) is 17.4 Å². The van der Waals surface area contributed by atoms with Crippen LogP contribution in [0.2, 0.25) is 0 Å². The summed E-state index contributed by atoms with van der Waals surface area (Å²) in [6, 6.07) is 5.96. The molecule has 0 atom stereocenters. The van der Waals surface area contributed by atoms with Gasteiger partial charge >= 0.3 is 11.6 Å². The Labute approximate surface area is 222 Å². The summed E-state index contributed by atoms with van der Waals surface area (Å²) in [4.78, 5) is 37.0. The minimum absolute atomic E-state index is 0.0954. The quantitative estimate of drug-likeness (QED) is 0.122. The SMILES string of the molecule is COC(=O)/C=C/CCCc1cc(O)c(C(=O)/C(C)=C/c2sc(Oc3ccc(F)c(F)c3)cc2Br)c(=O)o1. The predicted molar refractivity (Wildman–Crippen MR) is 137 cm³/mol. The van der Waals surface area contributed by atoms with Gasteiger partial charge in [-0.3, -0.25) is 4.79 Å². The second kappa shape index (κ2) is 12.6. The monoisotopic (exact) mass is 594 g/mol. The maximum absolute atomic E-state index is 13.4. The fraction of sp³-hybridized carbons (Fsp3) is 0.192. The number of ether oxygens (including phenoxy) is 2. The molecule has 0 radical (unpaired) electrons. The molecule has 0 bridgehead atoms. The number of aromatic hydroxyl groups is 1. The van der Waals surface area contributed by atoms with E-state index >= 15 is 0 Å². The Morgan fingerprint density at radius 3 is 2.62 bits per heavy atom. The maximum atomic E-state index is 13.4. The molecule has 0 amide bonds. The number of carbonyl (C=O) groups is 2. The standard InChI is InChI=1S/C26H21BrF2O7S/c1-14(10-21-17(27)13-23(37-21)35-16-8-9-18(28)19(29)11-16)25(32)24-20(30)12-15(36-26(24)33)6-4-3-5-7-22(31)34-2/h5,7-13,30H,3-4,6H2,1-2H3/b7-5+,14-10+. The van der Waals surface area contributed by atoms with E-state index in [1.165, 1.54) is 38.3 Å². The Kier molecular flexibility index (Phi) is 9.54. The van der Waals surface area contributed by atoms with Crippen LogP contribution in [0.1, 0.15) is 40.8 Å². The summed E-state index contributed by atoms with van der Waals surface area (Å²) < 4.78 is 42.4. The van der Waals surface area contributed by atoms with Gasteiger partial charge in [-0.05, 0) is 59.5 Å². The van der Waals surface area contributed by atoms with Crippen molar-refractivity contribution in [2.45, 2.75) is 26.2 Å². The molecule has 0 saturated carbocycles. The number of halogens is 3.